The van der Waals surface area contributed by atoms with Crippen molar-refractivity contribution in [1.29, 1.82) is 0 Å². The third kappa shape index (κ3) is 2.75. The molecule has 0 aromatic carbocycles. The summed E-state index contributed by atoms with van der Waals surface area (Å²) < 4.78 is 8.38. The summed E-state index contributed by atoms with van der Waals surface area (Å²) in [5.41, 5.74) is 2.66. The molecule has 1 unspecified atom stereocenters. The zero-order valence-corrected chi connectivity index (χ0v) is 12.9. The third-order valence-electron chi connectivity index (χ3n) is 4.26. The molecule has 1 aromatic heterocycles. The Labute approximate surface area is 121 Å². The number of nitrogens with zero attached hydrogens (tertiary/aromatic N) is 3. The number of hydrogen-bond acceptors (Lipinski definition) is 4. The maximum Gasteiger partial charge on any atom is 0.111 e. The average molecular weight is 278 g/mol. The lowest BCUT2D eigenvalue weighted by molar-refractivity contribution is -0.0282. The summed E-state index contributed by atoms with van der Waals surface area (Å²) in [6.45, 7) is 10.3. The summed E-state index contributed by atoms with van der Waals surface area (Å²) in [5, 5.41) is 3.42. The lowest BCUT2D eigenvalue weighted by Crippen LogP contribution is -2.42. The van der Waals surface area contributed by atoms with E-state index < -0.39 is 0 Å². The van der Waals surface area contributed by atoms with Crippen LogP contribution >= 0.6 is 0 Å². The van der Waals surface area contributed by atoms with Crippen molar-refractivity contribution >= 4 is 0 Å². The van der Waals surface area contributed by atoms with Crippen molar-refractivity contribution in [2.45, 2.75) is 45.4 Å². The maximum atomic E-state index is 5.94. The molecule has 1 N–H and O–H groups in total. The molecule has 0 saturated carbocycles. The molecule has 0 spiro atoms. The Balaban J connectivity index is 1.85. The average Bonchev–Trinajstić information content (AvgIpc) is 2.78. The minimum Gasteiger partial charge on any atom is -0.374 e. The van der Waals surface area contributed by atoms with Crippen LogP contribution in [0.5, 0.6) is 0 Å². The topological polar surface area (TPSA) is 42.3 Å². The minimum atomic E-state index is 0.291. The van der Waals surface area contributed by atoms with E-state index in [9.17, 15) is 0 Å². The number of morpholine rings is 1. The maximum absolute atomic E-state index is 5.94. The first-order chi connectivity index (χ1) is 9.65. The normalized spacial score (nSPS) is 24.1. The van der Waals surface area contributed by atoms with E-state index in [2.05, 4.69) is 35.7 Å². The van der Waals surface area contributed by atoms with Gasteiger partial charge in [-0.05, 0) is 7.05 Å². The number of aromatic nitrogens is 2. The van der Waals surface area contributed by atoms with Crippen LogP contribution in [0.4, 0.5) is 0 Å². The Kier molecular flexibility index (Phi) is 4.10. The van der Waals surface area contributed by atoms with Gasteiger partial charge in [0.15, 0.2) is 0 Å². The van der Waals surface area contributed by atoms with Crippen LogP contribution in [0.25, 0.3) is 0 Å². The van der Waals surface area contributed by atoms with Crippen LogP contribution in [-0.2, 0) is 24.2 Å². The number of rotatable bonds is 3. The SMILES string of the molecule is CC(C)c1nc2c(n1CC1CN(C)CCO1)CCNC2. The molecule has 1 aromatic rings. The van der Waals surface area contributed by atoms with Crippen LogP contribution in [0.2, 0.25) is 0 Å². The summed E-state index contributed by atoms with van der Waals surface area (Å²) in [4.78, 5) is 7.22. The molecule has 2 aliphatic rings. The van der Waals surface area contributed by atoms with Crippen molar-refractivity contribution in [2.24, 2.45) is 0 Å². The largest absolute Gasteiger partial charge is 0.374 e. The Morgan fingerprint density at radius 2 is 2.30 bits per heavy atom. The van der Waals surface area contributed by atoms with E-state index in [4.69, 9.17) is 9.72 Å². The van der Waals surface area contributed by atoms with E-state index >= 15 is 0 Å². The van der Waals surface area contributed by atoms with E-state index in [0.717, 1.165) is 45.8 Å². The molecule has 0 radical (unpaired) electrons. The predicted molar refractivity (Wildman–Crippen MR) is 79.0 cm³/mol. The standard InChI is InChI=1S/C15H26N4O/c1-11(2)15-17-13-8-16-5-4-14(13)19(15)10-12-9-18(3)6-7-20-12/h11-12,16H,4-10H2,1-3H3. The fourth-order valence-electron chi connectivity index (χ4n) is 3.22. The number of hydrogen-bond donors (Lipinski definition) is 1. The molecule has 0 bridgehead atoms. The number of likely N-dealkylation sites (N-methyl/N-ethyl adjacent to an activating group) is 1. The van der Waals surface area contributed by atoms with Gasteiger partial charge < -0.3 is 19.5 Å². The molecule has 0 amide bonds. The molecule has 1 saturated heterocycles. The molecule has 2 aliphatic heterocycles. The third-order valence-corrected chi connectivity index (χ3v) is 4.26. The summed E-state index contributed by atoms with van der Waals surface area (Å²) in [6, 6.07) is 0. The molecule has 1 atom stereocenters. The first-order valence-electron chi connectivity index (χ1n) is 7.74. The van der Waals surface area contributed by atoms with Crippen LogP contribution in [0.1, 0.15) is 37.0 Å². The van der Waals surface area contributed by atoms with E-state index in [1.54, 1.807) is 0 Å². The van der Waals surface area contributed by atoms with Crippen LogP contribution in [0.15, 0.2) is 0 Å². The minimum absolute atomic E-state index is 0.291. The Hall–Kier alpha value is -0.910. The van der Waals surface area contributed by atoms with Crippen LogP contribution < -0.4 is 5.32 Å². The first kappa shape index (κ1) is 14.0. The highest BCUT2D eigenvalue weighted by Gasteiger charge is 2.25. The molecule has 1 fully saturated rings. The van der Waals surface area contributed by atoms with Gasteiger partial charge >= 0.3 is 0 Å². The second kappa shape index (κ2) is 5.84. The van der Waals surface area contributed by atoms with Gasteiger partial charge in [-0.15, -0.1) is 0 Å². The monoisotopic (exact) mass is 278 g/mol. The van der Waals surface area contributed by atoms with Gasteiger partial charge in [-0.2, -0.15) is 0 Å². The van der Waals surface area contributed by atoms with Crippen molar-refractivity contribution in [3.05, 3.63) is 17.2 Å². The van der Waals surface area contributed by atoms with Gasteiger partial charge in [-0.25, -0.2) is 4.98 Å². The quantitative estimate of drug-likeness (QED) is 0.895. The molecular weight excluding hydrogens is 252 g/mol. The first-order valence-corrected chi connectivity index (χ1v) is 7.74. The Morgan fingerprint density at radius 1 is 1.45 bits per heavy atom. The molecule has 3 rings (SSSR count). The zero-order chi connectivity index (χ0) is 14.1. The molecule has 20 heavy (non-hydrogen) atoms. The number of nitrogens with one attached hydrogen (secondary N) is 1. The van der Waals surface area contributed by atoms with E-state index in [1.807, 2.05) is 0 Å². The van der Waals surface area contributed by atoms with Crippen molar-refractivity contribution in [3.63, 3.8) is 0 Å². The van der Waals surface area contributed by atoms with E-state index in [1.165, 1.54) is 17.2 Å². The van der Waals surface area contributed by atoms with Crippen LogP contribution in [-0.4, -0.2) is 53.8 Å². The van der Waals surface area contributed by atoms with E-state index in [0.29, 0.717) is 12.0 Å². The van der Waals surface area contributed by atoms with Crippen molar-refractivity contribution < 1.29 is 4.74 Å². The molecule has 5 nitrogen and oxygen atoms in total. The molecular formula is C15H26N4O. The smallest absolute Gasteiger partial charge is 0.111 e. The highest BCUT2D eigenvalue weighted by atomic mass is 16.5. The zero-order valence-electron chi connectivity index (χ0n) is 12.9. The summed E-state index contributed by atoms with van der Waals surface area (Å²) >= 11 is 0. The predicted octanol–water partition coefficient (Wildman–Crippen LogP) is 0.983. The second-order valence-electron chi connectivity index (χ2n) is 6.31. The van der Waals surface area contributed by atoms with Gasteiger partial charge in [0.25, 0.3) is 0 Å². The van der Waals surface area contributed by atoms with Crippen molar-refractivity contribution in [3.8, 4) is 0 Å². The highest BCUT2D eigenvalue weighted by Crippen LogP contribution is 2.23. The van der Waals surface area contributed by atoms with Gasteiger partial charge in [0.05, 0.1) is 24.9 Å². The fourth-order valence-corrected chi connectivity index (χ4v) is 3.22. The van der Waals surface area contributed by atoms with Crippen LogP contribution in [0, 0.1) is 0 Å². The number of fused-ring (bicyclic) bond motifs is 1. The summed E-state index contributed by atoms with van der Waals surface area (Å²) in [7, 11) is 2.17. The van der Waals surface area contributed by atoms with Gasteiger partial charge in [0.2, 0.25) is 0 Å². The van der Waals surface area contributed by atoms with Crippen molar-refractivity contribution in [2.75, 3.05) is 33.3 Å². The Morgan fingerprint density at radius 3 is 3.05 bits per heavy atom. The molecule has 5 heteroatoms. The van der Waals surface area contributed by atoms with Gasteiger partial charge in [-0.1, -0.05) is 13.8 Å². The van der Waals surface area contributed by atoms with Gasteiger partial charge in [0.1, 0.15) is 5.82 Å². The van der Waals surface area contributed by atoms with E-state index in [-0.39, 0.29) is 0 Å². The second-order valence-corrected chi connectivity index (χ2v) is 6.31. The van der Waals surface area contributed by atoms with Crippen molar-refractivity contribution in [1.82, 2.24) is 19.8 Å². The van der Waals surface area contributed by atoms with Crippen LogP contribution in [0.3, 0.4) is 0 Å². The fraction of sp³-hybridized carbons (Fsp3) is 0.800. The summed E-state index contributed by atoms with van der Waals surface area (Å²) in [6.07, 6.45) is 1.37. The molecule has 3 heterocycles. The lowest BCUT2D eigenvalue weighted by Gasteiger charge is -2.31. The summed E-state index contributed by atoms with van der Waals surface area (Å²) in [5.74, 6) is 1.68. The highest BCUT2D eigenvalue weighted by molar-refractivity contribution is 5.22. The van der Waals surface area contributed by atoms with Gasteiger partial charge in [-0.3, -0.25) is 0 Å². The number of imidazole rings is 1. The lowest BCUT2D eigenvalue weighted by atomic mass is 10.1. The number of ether oxygens (including phenoxy) is 1. The molecule has 0 aliphatic carbocycles. The van der Waals surface area contributed by atoms with Gasteiger partial charge in [0, 0.05) is 44.2 Å². The Bertz CT molecular complexity index is 469. The molecule has 112 valence electrons.